The van der Waals surface area contributed by atoms with E-state index in [9.17, 15) is 18.3 Å². The second kappa shape index (κ2) is 8.38. The summed E-state index contributed by atoms with van der Waals surface area (Å²) in [6.07, 6.45) is -6.00. The van der Waals surface area contributed by atoms with Crippen LogP contribution in [0.15, 0.2) is 48.5 Å². The van der Waals surface area contributed by atoms with Gasteiger partial charge in [0.05, 0.1) is 18.8 Å². The molecule has 8 heteroatoms. The normalized spacial score (nSPS) is 15.6. The van der Waals surface area contributed by atoms with Gasteiger partial charge in [0.15, 0.2) is 0 Å². The van der Waals surface area contributed by atoms with E-state index >= 15 is 0 Å². The molecule has 0 aromatic heterocycles. The molecule has 2 aromatic rings. The molecule has 3 N–H and O–H groups in total. The van der Waals surface area contributed by atoms with E-state index in [1.807, 2.05) is 0 Å². The largest absolute Gasteiger partial charge is 0.406 e. The van der Waals surface area contributed by atoms with Gasteiger partial charge >= 0.3 is 6.18 Å². The van der Waals surface area contributed by atoms with Crippen LogP contribution in [0.4, 0.5) is 13.2 Å². The van der Waals surface area contributed by atoms with E-state index in [0.29, 0.717) is 21.2 Å². The van der Waals surface area contributed by atoms with Crippen molar-refractivity contribution in [2.24, 2.45) is 0 Å². The lowest BCUT2D eigenvalue weighted by Crippen LogP contribution is -2.47. The molecule has 0 heterocycles. The Balaban J connectivity index is 2.39. The third-order valence-electron chi connectivity index (χ3n) is 3.69. The predicted octanol–water partition coefficient (Wildman–Crippen LogP) is 4.28. The van der Waals surface area contributed by atoms with Crippen molar-refractivity contribution in [1.29, 1.82) is 0 Å². The third-order valence-corrected chi connectivity index (χ3v) is 4.18. The third kappa shape index (κ3) is 5.33. The van der Waals surface area contributed by atoms with Crippen molar-refractivity contribution in [3.8, 4) is 0 Å². The summed E-state index contributed by atoms with van der Waals surface area (Å²) in [4.78, 5) is 0. The van der Waals surface area contributed by atoms with E-state index in [2.05, 4.69) is 5.32 Å². The molecule has 0 bridgehead atoms. The molecule has 25 heavy (non-hydrogen) atoms. The SMILES string of the molecule is OC[C@@H](N[C@H](c1ccc(Cl)cc1)[C@@H](O)c1cccc(Cl)c1)C(F)(F)F. The van der Waals surface area contributed by atoms with Crippen LogP contribution in [0.25, 0.3) is 0 Å². The standard InChI is InChI=1S/C17H16Cl2F3NO2/c18-12-6-4-10(5-7-12)15(23-14(9-24)17(20,21)22)16(25)11-2-1-3-13(19)8-11/h1-8,14-16,23-25H,9H2/t14-,15-,16+/m1/s1. The summed E-state index contributed by atoms with van der Waals surface area (Å²) in [6, 6.07) is 8.94. The van der Waals surface area contributed by atoms with E-state index in [1.54, 1.807) is 18.2 Å². The zero-order valence-electron chi connectivity index (χ0n) is 12.8. The molecule has 3 atom stereocenters. The molecule has 0 radical (unpaired) electrons. The molecular weight excluding hydrogens is 378 g/mol. The van der Waals surface area contributed by atoms with E-state index in [0.717, 1.165) is 0 Å². The molecule has 0 aliphatic heterocycles. The van der Waals surface area contributed by atoms with Gasteiger partial charge in [0, 0.05) is 10.0 Å². The Bertz CT molecular complexity index is 695. The second-order valence-corrected chi connectivity index (χ2v) is 6.35. The molecule has 0 spiro atoms. The fraction of sp³-hybridized carbons (Fsp3) is 0.294. The molecule has 0 aliphatic rings. The van der Waals surface area contributed by atoms with Crippen molar-refractivity contribution in [1.82, 2.24) is 5.32 Å². The number of hydrogen-bond acceptors (Lipinski definition) is 3. The number of hydrogen-bond donors (Lipinski definition) is 3. The molecule has 2 aromatic carbocycles. The summed E-state index contributed by atoms with van der Waals surface area (Å²) >= 11 is 11.7. The van der Waals surface area contributed by atoms with Crippen molar-refractivity contribution < 1.29 is 23.4 Å². The number of benzene rings is 2. The van der Waals surface area contributed by atoms with Gasteiger partial charge in [-0.3, -0.25) is 5.32 Å². The molecule has 0 unspecified atom stereocenters. The highest BCUT2D eigenvalue weighted by molar-refractivity contribution is 6.30. The highest BCUT2D eigenvalue weighted by atomic mass is 35.5. The van der Waals surface area contributed by atoms with Crippen molar-refractivity contribution in [2.75, 3.05) is 6.61 Å². The Morgan fingerprint density at radius 3 is 2.12 bits per heavy atom. The first-order valence-corrected chi connectivity index (χ1v) is 8.10. The van der Waals surface area contributed by atoms with Gasteiger partial charge in [0.25, 0.3) is 0 Å². The first-order chi connectivity index (χ1) is 11.7. The summed E-state index contributed by atoms with van der Waals surface area (Å²) in [6.45, 7) is -1.16. The molecule has 2 rings (SSSR count). The van der Waals surface area contributed by atoms with Gasteiger partial charge in [0.1, 0.15) is 6.04 Å². The van der Waals surface area contributed by atoms with E-state index in [-0.39, 0.29) is 0 Å². The molecule has 0 amide bonds. The van der Waals surface area contributed by atoms with Crippen LogP contribution < -0.4 is 5.32 Å². The molecule has 0 aliphatic carbocycles. The van der Waals surface area contributed by atoms with Gasteiger partial charge in [-0.2, -0.15) is 13.2 Å². The topological polar surface area (TPSA) is 52.5 Å². The van der Waals surface area contributed by atoms with Gasteiger partial charge in [-0.15, -0.1) is 0 Å². The molecule has 136 valence electrons. The number of rotatable bonds is 6. The predicted molar refractivity (Wildman–Crippen MR) is 90.7 cm³/mol. The van der Waals surface area contributed by atoms with Crippen LogP contribution in [0.5, 0.6) is 0 Å². The average molecular weight is 394 g/mol. The minimum atomic E-state index is -4.67. The van der Waals surface area contributed by atoms with Crippen LogP contribution in [0, 0.1) is 0 Å². The number of nitrogens with one attached hydrogen (secondary N) is 1. The Morgan fingerprint density at radius 1 is 0.960 bits per heavy atom. The highest BCUT2D eigenvalue weighted by Crippen LogP contribution is 2.33. The van der Waals surface area contributed by atoms with Gasteiger partial charge in [-0.25, -0.2) is 0 Å². The van der Waals surface area contributed by atoms with Crippen LogP contribution in [0.2, 0.25) is 10.0 Å². The maximum Gasteiger partial charge on any atom is 0.406 e. The Kier molecular flexibility index (Phi) is 6.71. The van der Waals surface area contributed by atoms with Gasteiger partial charge in [0.2, 0.25) is 0 Å². The van der Waals surface area contributed by atoms with Crippen LogP contribution in [0.1, 0.15) is 23.3 Å². The first-order valence-electron chi connectivity index (χ1n) is 7.35. The Hall–Kier alpha value is -1.31. The summed E-state index contributed by atoms with van der Waals surface area (Å²) < 4.78 is 39.1. The van der Waals surface area contributed by atoms with Crippen molar-refractivity contribution in [2.45, 2.75) is 24.4 Å². The monoisotopic (exact) mass is 393 g/mol. The van der Waals surface area contributed by atoms with E-state index in [4.69, 9.17) is 28.3 Å². The van der Waals surface area contributed by atoms with Crippen molar-refractivity contribution >= 4 is 23.2 Å². The molecule has 0 saturated carbocycles. The summed E-state index contributed by atoms with van der Waals surface area (Å²) in [7, 11) is 0. The van der Waals surface area contributed by atoms with Crippen molar-refractivity contribution in [3.63, 3.8) is 0 Å². The molecular formula is C17H16Cl2F3NO2. The average Bonchev–Trinajstić information content (AvgIpc) is 2.55. The number of aliphatic hydroxyl groups is 2. The number of aliphatic hydroxyl groups excluding tert-OH is 2. The minimum absolute atomic E-state index is 0.346. The number of alkyl halides is 3. The van der Waals surface area contributed by atoms with E-state index in [1.165, 1.54) is 30.3 Å². The van der Waals surface area contributed by atoms with Crippen LogP contribution in [0.3, 0.4) is 0 Å². The quantitative estimate of drug-likeness (QED) is 0.686. The zero-order valence-corrected chi connectivity index (χ0v) is 14.4. The van der Waals surface area contributed by atoms with Gasteiger partial charge in [-0.1, -0.05) is 47.5 Å². The maximum atomic E-state index is 13.0. The van der Waals surface area contributed by atoms with Crippen LogP contribution in [-0.2, 0) is 0 Å². The first kappa shape index (κ1) is 20.0. The van der Waals surface area contributed by atoms with Crippen LogP contribution in [-0.4, -0.2) is 29.0 Å². The maximum absolute atomic E-state index is 13.0. The lowest BCUT2D eigenvalue weighted by Gasteiger charge is -2.30. The molecule has 0 fully saturated rings. The molecule has 3 nitrogen and oxygen atoms in total. The van der Waals surface area contributed by atoms with Crippen LogP contribution >= 0.6 is 23.2 Å². The lowest BCUT2D eigenvalue weighted by atomic mass is 9.95. The second-order valence-electron chi connectivity index (χ2n) is 5.47. The van der Waals surface area contributed by atoms with E-state index < -0.39 is 31.0 Å². The fourth-order valence-corrected chi connectivity index (χ4v) is 2.71. The Labute approximate surface area is 153 Å². The highest BCUT2D eigenvalue weighted by Gasteiger charge is 2.41. The minimum Gasteiger partial charge on any atom is -0.394 e. The molecule has 0 saturated heterocycles. The van der Waals surface area contributed by atoms with Gasteiger partial charge in [-0.05, 0) is 35.4 Å². The summed E-state index contributed by atoms with van der Waals surface area (Å²) in [5, 5.41) is 22.8. The summed E-state index contributed by atoms with van der Waals surface area (Å²) in [5.74, 6) is 0. The smallest absolute Gasteiger partial charge is 0.394 e. The van der Waals surface area contributed by atoms with Crippen molar-refractivity contribution in [3.05, 3.63) is 69.7 Å². The Morgan fingerprint density at radius 2 is 1.60 bits per heavy atom. The fourth-order valence-electron chi connectivity index (χ4n) is 2.39. The summed E-state index contributed by atoms with van der Waals surface area (Å²) in [5.41, 5.74) is 0.735. The lowest BCUT2D eigenvalue weighted by molar-refractivity contribution is -0.167. The zero-order chi connectivity index (χ0) is 18.6. The van der Waals surface area contributed by atoms with Gasteiger partial charge < -0.3 is 10.2 Å². The number of halogens is 5.